The first-order valence-corrected chi connectivity index (χ1v) is 6.93. The number of aliphatic hydroxyl groups excluding tert-OH is 2. The fourth-order valence-electron chi connectivity index (χ4n) is 5.49. The molecule has 0 amide bonds. The quantitative estimate of drug-likeness (QED) is 0.572. The van der Waals surface area contributed by atoms with E-state index in [0.717, 1.165) is 12.8 Å². The van der Waals surface area contributed by atoms with Gasteiger partial charge in [-0.2, -0.15) is 0 Å². The van der Waals surface area contributed by atoms with Gasteiger partial charge in [-0.25, -0.2) is 0 Å². The maximum absolute atomic E-state index is 11.2. The van der Waals surface area contributed by atoms with E-state index in [1.807, 2.05) is 0 Å². The van der Waals surface area contributed by atoms with Gasteiger partial charge in [0.2, 0.25) is 0 Å². The smallest absolute Gasteiger partial charge is 0.0972 e. The van der Waals surface area contributed by atoms with E-state index >= 15 is 0 Å². The molecule has 0 bridgehead atoms. The monoisotopic (exact) mass is 252 g/mol. The molecule has 3 aliphatic rings. The molecular formula is C15H24O3. The second kappa shape index (κ2) is 3.20. The van der Waals surface area contributed by atoms with Crippen LogP contribution in [-0.2, 0) is 0 Å². The van der Waals surface area contributed by atoms with Crippen molar-refractivity contribution in [3.8, 4) is 0 Å². The molecule has 3 N–H and O–H groups in total. The summed E-state index contributed by atoms with van der Waals surface area (Å²) in [4.78, 5) is 0. The molecule has 0 saturated heterocycles. The minimum absolute atomic E-state index is 0.0119. The van der Waals surface area contributed by atoms with Crippen molar-refractivity contribution in [2.24, 2.45) is 22.7 Å². The molecule has 0 radical (unpaired) electrons. The number of rotatable bonds is 0. The first kappa shape index (κ1) is 12.6. The van der Waals surface area contributed by atoms with E-state index in [-0.39, 0.29) is 22.7 Å². The van der Waals surface area contributed by atoms with Crippen molar-refractivity contribution in [1.29, 1.82) is 0 Å². The highest BCUT2D eigenvalue weighted by molar-refractivity contribution is 5.36. The van der Waals surface area contributed by atoms with E-state index < -0.39 is 17.8 Å². The van der Waals surface area contributed by atoms with E-state index in [9.17, 15) is 15.3 Å². The normalized spacial score (nSPS) is 57.8. The average Bonchev–Trinajstić information content (AvgIpc) is 2.72. The first-order valence-electron chi connectivity index (χ1n) is 6.93. The van der Waals surface area contributed by atoms with Gasteiger partial charge >= 0.3 is 0 Å². The highest BCUT2D eigenvalue weighted by atomic mass is 16.3. The fraction of sp³-hybridized carbons (Fsp3) is 0.867. The Morgan fingerprint density at radius 2 is 1.78 bits per heavy atom. The van der Waals surface area contributed by atoms with Gasteiger partial charge in [0, 0.05) is 17.3 Å². The second-order valence-electron chi connectivity index (χ2n) is 7.58. The number of fused-ring (bicyclic) bond motifs is 3. The Balaban J connectivity index is 2.16. The SMILES string of the molecule is C=C1[C@@H](O)C[C@H]2[C@H](O)[C@]3(C)CCC(C)(C)[C@@H]3[C@@]12O. The van der Waals surface area contributed by atoms with E-state index in [1.165, 1.54) is 0 Å². The van der Waals surface area contributed by atoms with Gasteiger partial charge in [-0.15, -0.1) is 0 Å². The maximum atomic E-state index is 11.2. The second-order valence-corrected chi connectivity index (χ2v) is 7.58. The van der Waals surface area contributed by atoms with Crippen LogP contribution in [-0.4, -0.2) is 33.1 Å². The highest BCUT2D eigenvalue weighted by Gasteiger charge is 2.74. The molecule has 3 saturated carbocycles. The third-order valence-electron chi connectivity index (χ3n) is 6.20. The molecule has 0 unspecified atom stereocenters. The number of aliphatic hydroxyl groups is 3. The highest BCUT2D eigenvalue weighted by Crippen LogP contribution is 2.71. The Kier molecular flexibility index (Phi) is 2.24. The Morgan fingerprint density at radius 3 is 2.39 bits per heavy atom. The van der Waals surface area contributed by atoms with E-state index in [1.54, 1.807) is 0 Å². The van der Waals surface area contributed by atoms with Crippen LogP contribution >= 0.6 is 0 Å². The number of hydrogen-bond donors (Lipinski definition) is 3. The fourth-order valence-corrected chi connectivity index (χ4v) is 5.49. The van der Waals surface area contributed by atoms with Crippen LogP contribution < -0.4 is 0 Å². The molecule has 0 aromatic heterocycles. The molecule has 0 aromatic carbocycles. The lowest BCUT2D eigenvalue weighted by molar-refractivity contribution is -0.0403. The van der Waals surface area contributed by atoms with Crippen LogP contribution in [0.15, 0.2) is 12.2 Å². The van der Waals surface area contributed by atoms with Crippen LogP contribution in [0.25, 0.3) is 0 Å². The maximum Gasteiger partial charge on any atom is 0.0972 e. The summed E-state index contributed by atoms with van der Waals surface area (Å²) >= 11 is 0. The van der Waals surface area contributed by atoms with Gasteiger partial charge in [0.1, 0.15) is 0 Å². The standard InChI is InChI=1S/C15H24O3/c1-8-10(16)7-9-11(17)14(4)6-5-13(2,3)12(14)15(8,9)18/h9-12,16-18H,1,5-7H2,2-4H3/t9-,10-,11-,12-,14-,15+/m0/s1. The molecule has 3 aliphatic carbocycles. The predicted octanol–water partition coefficient (Wildman–Crippen LogP) is 1.47. The molecule has 3 rings (SSSR count). The number of hydrogen-bond acceptors (Lipinski definition) is 3. The zero-order chi connectivity index (χ0) is 13.5. The van der Waals surface area contributed by atoms with Crippen molar-refractivity contribution in [2.75, 3.05) is 0 Å². The molecule has 6 atom stereocenters. The van der Waals surface area contributed by atoms with Gasteiger partial charge < -0.3 is 15.3 Å². The summed E-state index contributed by atoms with van der Waals surface area (Å²) in [6.45, 7) is 10.3. The van der Waals surface area contributed by atoms with E-state index in [0.29, 0.717) is 12.0 Å². The van der Waals surface area contributed by atoms with Gasteiger partial charge in [-0.1, -0.05) is 27.4 Å². The van der Waals surface area contributed by atoms with Crippen LogP contribution in [0.2, 0.25) is 0 Å². The lowest BCUT2D eigenvalue weighted by atomic mass is 9.66. The molecule has 0 spiro atoms. The van der Waals surface area contributed by atoms with Crippen LogP contribution in [0.3, 0.4) is 0 Å². The molecule has 0 aliphatic heterocycles. The van der Waals surface area contributed by atoms with Crippen molar-refractivity contribution >= 4 is 0 Å². The largest absolute Gasteiger partial charge is 0.392 e. The van der Waals surface area contributed by atoms with Crippen molar-refractivity contribution < 1.29 is 15.3 Å². The van der Waals surface area contributed by atoms with Gasteiger partial charge in [0.25, 0.3) is 0 Å². The molecule has 0 heterocycles. The molecule has 18 heavy (non-hydrogen) atoms. The molecular weight excluding hydrogens is 228 g/mol. The third-order valence-corrected chi connectivity index (χ3v) is 6.20. The Morgan fingerprint density at radius 1 is 1.17 bits per heavy atom. The third kappa shape index (κ3) is 1.12. The molecule has 3 heteroatoms. The molecule has 0 aromatic rings. The zero-order valence-corrected chi connectivity index (χ0v) is 11.5. The topological polar surface area (TPSA) is 60.7 Å². The van der Waals surface area contributed by atoms with Crippen LogP contribution in [0.5, 0.6) is 0 Å². The molecule has 3 fully saturated rings. The van der Waals surface area contributed by atoms with Crippen LogP contribution in [0, 0.1) is 22.7 Å². The average molecular weight is 252 g/mol. The van der Waals surface area contributed by atoms with Crippen molar-refractivity contribution in [1.82, 2.24) is 0 Å². The molecule has 3 nitrogen and oxygen atoms in total. The summed E-state index contributed by atoms with van der Waals surface area (Å²) in [5, 5.41) is 31.8. The summed E-state index contributed by atoms with van der Waals surface area (Å²) in [6, 6.07) is 0. The van der Waals surface area contributed by atoms with E-state index in [4.69, 9.17) is 0 Å². The van der Waals surface area contributed by atoms with Gasteiger partial charge in [0.15, 0.2) is 0 Å². The lowest BCUT2D eigenvalue weighted by Gasteiger charge is -2.41. The summed E-state index contributed by atoms with van der Waals surface area (Å²) in [5.74, 6) is -0.267. The van der Waals surface area contributed by atoms with Crippen molar-refractivity contribution in [3.05, 3.63) is 12.2 Å². The summed E-state index contributed by atoms with van der Waals surface area (Å²) in [7, 11) is 0. The summed E-state index contributed by atoms with van der Waals surface area (Å²) < 4.78 is 0. The van der Waals surface area contributed by atoms with Crippen LogP contribution in [0.4, 0.5) is 0 Å². The van der Waals surface area contributed by atoms with Crippen molar-refractivity contribution in [3.63, 3.8) is 0 Å². The summed E-state index contributed by atoms with van der Waals surface area (Å²) in [6.07, 6.45) is 1.18. The minimum Gasteiger partial charge on any atom is -0.392 e. The summed E-state index contributed by atoms with van der Waals surface area (Å²) in [5.41, 5.74) is -0.832. The van der Waals surface area contributed by atoms with E-state index in [2.05, 4.69) is 27.4 Å². The van der Waals surface area contributed by atoms with Crippen LogP contribution in [0.1, 0.15) is 40.0 Å². The minimum atomic E-state index is -1.09. The lowest BCUT2D eigenvalue weighted by Crippen LogP contribution is -2.46. The Hall–Kier alpha value is -0.380. The first-order chi connectivity index (χ1) is 8.15. The molecule has 102 valence electrons. The van der Waals surface area contributed by atoms with Crippen molar-refractivity contribution in [2.45, 2.75) is 57.8 Å². The predicted molar refractivity (Wildman–Crippen MR) is 68.8 cm³/mol. The zero-order valence-electron chi connectivity index (χ0n) is 11.5. The Bertz CT molecular complexity index is 416. The van der Waals surface area contributed by atoms with Gasteiger partial charge in [-0.05, 0) is 30.3 Å². The van der Waals surface area contributed by atoms with Gasteiger partial charge in [0.05, 0.1) is 17.8 Å². The van der Waals surface area contributed by atoms with Gasteiger partial charge in [-0.3, -0.25) is 0 Å². The Labute approximate surface area is 109 Å².